The van der Waals surface area contributed by atoms with Crippen molar-refractivity contribution in [1.82, 2.24) is 10.2 Å². The van der Waals surface area contributed by atoms with Gasteiger partial charge < -0.3 is 10.2 Å². The van der Waals surface area contributed by atoms with Gasteiger partial charge in [0, 0.05) is 13.1 Å². The van der Waals surface area contributed by atoms with Crippen molar-refractivity contribution in [2.24, 2.45) is 5.92 Å². The second-order valence-corrected chi connectivity index (χ2v) is 12.0. The summed E-state index contributed by atoms with van der Waals surface area (Å²) in [5.74, 6) is -0.504. The van der Waals surface area contributed by atoms with Crippen LogP contribution in [0.1, 0.15) is 44.4 Å². The molecule has 0 spiro atoms. The van der Waals surface area contributed by atoms with E-state index in [-0.39, 0.29) is 23.3 Å². The van der Waals surface area contributed by atoms with Crippen LogP contribution in [0.15, 0.2) is 83.8 Å². The van der Waals surface area contributed by atoms with Crippen LogP contribution in [0.5, 0.6) is 0 Å². The molecule has 208 valence electrons. The van der Waals surface area contributed by atoms with E-state index in [2.05, 4.69) is 5.32 Å². The largest absolute Gasteiger partial charge is 0.354 e. The zero-order valence-electron chi connectivity index (χ0n) is 23.4. The predicted octanol–water partition coefficient (Wildman–Crippen LogP) is 4.94. The summed E-state index contributed by atoms with van der Waals surface area (Å²) in [7, 11) is -4.06. The van der Waals surface area contributed by atoms with Crippen LogP contribution in [-0.2, 0) is 32.6 Å². The second kappa shape index (κ2) is 13.4. The van der Waals surface area contributed by atoms with Gasteiger partial charge in [-0.3, -0.25) is 13.9 Å². The number of aryl methyl sites for hydroxylation is 2. The molecular formula is C31H39N3O4S. The Balaban J connectivity index is 1.99. The number of sulfonamides is 1. The van der Waals surface area contributed by atoms with Crippen molar-refractivity contribution in [2.45, 2.75) is 58.5 Å². The lowest BCUT2D eigenvalue weighted by Crippen LogP contribution is -2.51. The number of hydrogen-bond acceptors (Lipinski definition) is 4. The van der Waals surface area contributed by atoms with Crippen LogP contribution < -0.4 is 9.62 Å². The summed E-state index contributed by atoms with van der Waals surface area (Å²) in [6, 6.07) is 22.1. The van der Waals surface area contributed by atoms with Crippen molar-refractivity contribution < 1.29 is 18.0 Å². The van der Waals surface area contributed by atoms with E-state index in [0.717, 1.165) is 27.4 Å². The van der Waals surface area contributed by atoms with Crippen molar-refractivity contribution in [1.29, 1.82) is 0 Å². The fourth-order valence-corrected chi connectivity index (χ4v) is 5.51. The molecule has 0 saturated carbocycles. The van der Waals surface area contributed by atoms with E-state index in [1.54, 1.807) is 37.3 Å². The summed E-state index contributed by atoms with van der Waals surface area (Å²) in [5.41, 5.74) is 3.37. The highest BCUT2D eigenvalue weighted by Gasteiger charge is 2.32. The maximum atomic E-state index is 13.9. The summed E-state index contributed by atoms with van der Waals surface area (Å²) < 4.78 is 28.7. The molecule has 0 heterocycles. The van der Waals surface area contributed by atoms with Gasteiger partial charge in [0.1, 0.15) is 12.6 Å². The summed E-state index contributed by atoms with van der Waals surface area (Å²) >= 11 is 0. The number of amides is 2. The Morgan fingerprint density at radius 2 is 1.44 bits per heavy atom. The smallest absolute Gasteiger partial charge is 0.264 e. The number of anilines is 1. The summed E-state index contributed by atoms with van der Waals surface area (Å²) in [6.07, 6.45) is 0.804. The molecule has 0 radical (unpaired) electrons. The zero-order valence-corrected chi connectivity index (χ0v) is 24.2. The Bertz CT molecular complexity index is 1340. The minimum absolute atomic E-state index is 0.0881. The average molecular weight is 550 g/mol. The number of carbonyl (C=O) groups is 2. The fraction of sp³-hybridized carbons (Fsp3) is 0.355. The van der Waals surface area contributed by atoms with Gasteiger partial charge in [-0.25, -0.2) is 8.42 Å². The number of rotatable bonds is 12. The zero-order chi connectivity index (χ0) is 28.6. The van der Waals surface area contributed by atoms with Crippen LogP contribution in [0.2, 0.25) is 0 Å². The van der Waals surface area contributed by atoms with Crippen molar-refractivity contribution in [3.05, 3.63) is 95.6 Å². The highest BCUT2D eigenvalue weighted by molar-refractivity contribution is 7.92. The number of carbonyl (C=O) groups excluding carboxylic acids is 2. The minimum atomic E-state index is -4.06. The van der Waals surface area contributed by atoms with Gasteiger partial charge in [0.2, 0.25) is 11.8 Å². The van der Waals surface area contributed by atoms with Crippen molar-refractivity contribution >= 4 is 27.5 Å². The molecule has 0 bridgehead atoms. The Labute approximate surface area is 232 Å². The summed E-state index contributed by atoms with van der Waals surface area (Å²) in [4.78, 5) is 28.5. The van der Waals surface area contributed by atoms with E-state index in [1.807, 2.05) is 64.1 Å². The first-order valence-electron chi connectivity index (χ1n) is 13.3. The molecule has 0 aliphatic rings. The Morgan fingerprint density at radius 1 is 0.846 bits per heavy atom. The van der Waals surface area contributed by atoms with Gasteiger partial charge in [0.25, 0.3) is 10.0 Å². The van der Waals surface area contributed by atoms with Gasteiger partial charge in [0.15, 0.2) is 0 Å². The standard InChI is InChI=1S/C31H39N3O4S/c1-6-26-16-18-28(19-17-26)34(39(37,38)29-10-8-7-9-11-29)22-30(35)33(21-27-14-12-24(4)13-15-27)25(5)31(36)32-20-23(2)3/h7-19,23,25H,6,20-22H2,1-5H3,(H,32,36)/t25-/m1/s1. The topological polar surface area (TPSA) is 86.8 Å². The summed E-state index contributed by atoms with van der Waals surface area (Å²) in [6.45, 7) is 9.87. The molecule has 0 saturated heterocycles. The van der Waals surface area contributed by atoms with Gasteiger partial charge in [-0.15, -0.1) is 0 Å². The molecule has 0 aliphatic heterocycles. The van der Waals surface area contributed by atoms with Gasteiger partial charge in [-0.05, 0) is 61.6 Å². The first-order chi connectivity index (χ1) is 18.5. The van der Waals surface area contributed by atoms with Crippen LogP contribution in [0, 0.1) is 12.8 Å². The Morgan fingerprint density at radius 3 is 2.00 bits per heavy atom. The molecule has 0 unspecified atom stereocenters. The lowest BCUT2D eigenvalue weighted by molar-refractivity contribution is -0.139. The third kappa shape index (κ3) is 7.93. The monoisotopic (exact) mass is 549 g/mol. The molecule has 3 aromatic rings. The lowest BCUT2D eigenvalue weighted by Gasteiger charge is -2.32. The quantitative estimate of drug-likeness (QED) is 0.347. The highest BCUT2D eigenvalue weighted by Crippen LogP contribution is 2.25. The first kappa shape index (κ1) is 29.9. The van der Waals surface area contributed by atoms with Crippen molar-refractivity contribution in [2.75, 3.05) is 17.4 Å². The SMILES string of the molecule is CCc1ccc(N(CC(=O)N(Cc2ccc(C)cc2)[C@H](C)C(=O)NCC(C)C)S(=O)(=O)c2ccccc2)cc1. The average Bonchev–Trinajstić information content (AvgIpc) is 2.94. The molecule has 8 heteroatoms. The molecule has 7 nitrogen and oxygen atoms in total. The molecular weight excluding hydrogens is 510 g/mol. The molecule has 1 N–H and O–H groups in total. The number of nitrogens with zero attached hydrogens (tertiary/aromatic N) is 2. The van der Waals surface area contributed by atoms with Crippen LogP contribution in [0.25, 0.3) is 0 Å². The van der Waals surface area contributed by atoms with Gasteiger partial charge in [0.05, 0.1) is 10.6 Å². The van der Waals surface area contributed by atoms with E-state index < -0.39 is 28.5 Å². The number of benzene rings is 3. The third-order valence-corrected chi connectivity index (χ3v) is 8.36. The molecule has 0 fully saturated rings. The van der Waals surface area contributed by atoms with E-state index in [4.69, 9.17) is 0 Å². The normalized spacial score (nSPS) is 12.2. The van der Waals surface area contributed by atoms with Crippen LogP contribution in [-0.4, -0.2) is 44.3 Å². The van der Waals surface area contributed by atoms with Crippen LogP contribution in [0.3, 0.4) is 0 Å². The fourth-order valence-electron chi connectivity index (χ4n) is 4.07. The third-order valence-electron chi connectivity index (χ3n) is 6.57. The van der Waals surface area contributed by atoms with E-state index >= 15 is 0 Å². The van der Waals surface area contributed by atoms with Crippen LogP contribution in [0.4, 0.5) is 5.69 Å². The molecule has 39 heavy (non-hydrogen) atoms. The molecule has 0 aliphatic carbocycles. The van der Waals surface area contributed by atoms with E-state index in [0.29, 0.717) is 12.2 Å². The Hall–Kier alpha value is -3.65. The van der Waals surface area contributed by atoms with E-state index in [9.17, 15) is 18.0 Å². The highest BCUT2D eigenvalue weighted by atomic mass is 32.2. The number of nitrogens with one attached hydrogen (secondary N) is 1. The first-order valence-corrected chi connectivity index (χ1v) is 14.8. The molecule has 0 aromatic heterocycles. The molecule has 1 atom stereocenters. The molecule has 2 amide bonds. The van der Waals surface area contributed by atoms with Gasteiger partial charge in [-0.2, -0.15) is 0 Å². The van der Waals surface area contributed by atoms with Crippen LogP contribution >= 0.6 is 0 Å². The number of hydrogen-bond donors (Lipinski definition) is 1. The Kier molecular flexibility index (Phi) is 10.3. The predicted molar refractivity (Wildman–Crippen MR) is 156 cm³/mol. The lowest BCUT2D eigenvalue weighted by atomic mass is 10.1. The summed E-state index contributed by atoms with van der Waals surface area (Å²) in [5, 5.41) is 2.90. The maximum Gasteiger partial charge on any atom is 0.264 e. The molecule has 3 aromatic carbocycles. The van der Waals surface area contributed by atoms with Crippen molar-refractivity contribution in [3.8, 4) is 0 Å². The van der Waals surface area contributed by atoms with Gasteiger partial charge in [-0.1, -0.05) is 80.9 Å². The van der Waals surface area contributed by atoms with Gasteiger partial charge >= 0.3 is 0 Å². The van der Waals surface area contributed by atoms with E-state index in [1.165, 1.54) is 17.0 Å². The maximum absolute atomic E-state index is 13.9. The molecule has 3 rings (SSSR count). The minimum Gasteiger partial charge on any atom is -0.354 e. The second-order valence-electron chi connectivity index (χ2n) is 10.2. The van der Waals surface area contributed by atoms with Crippen molar-refractivity contribution in [3.63, 3.8) is 0 Å².